The molecule has 27 heavy (non-hydrogen) atoms. The van der Waals surface area contributed by atoms with Crippen LogP contribution in [0.25, 0.3) is 0 Å². The van der Waals surface area contributed by atoms with Crippen molar-refractivity contribution in [1.29, 1.82) is 5.26 Å². The Bertz CT molecular complexity index is 866. The average molecular weight is 379 g/mol. The van der Waals surface area contributed by atoms with Crippen molar-refractivity contribution >= 4 is 17.7 Å². The van der Waals surface area contributed by atoms with Crippen LogP contribution in [0.2, 0.25) is 0 Å². The first-order valence-corrected chi connectivity index (χ1v) is 10.2. The van der Waals surface area contributed by atoms with Crippen molar-refractivity contribution in [3.05, 3.63) is 53.7 Å². The summed E-state index contributed by atoms with van der Waals surface area (Å²) in [7, 11) is 0. The Morgan fingerprint density at radius 3 is 2.63 bits per heavy atom. The Hall–Kier alpha value is -2.36. The third-order valence-corrected chi connectivity index (χ3v) is 6.60. The van der Waals surface area contributed by atoms with E-state index in [1.807, 2.05) is 36.4 Å². The number of carbonyl (C=O) groups excluding carboxylic acids is 1. The van der Waals surface area contributed by atoms with E-state index in [-0.39, 0.29) is 11.9 Å². The second-order valence-electron chi connectivity index (χ2n) is 7.21. The quantitative estimate of drug-likeness (QED) is 0.884. The number of rotatable bonds is 4. The normalized spacial score (nSPS) is 26.4. The van der Waals surface area contributed by atoms with Gasteiger partial charge in [-0.15, -0.1) is 0 Å². The molecule has 0 saturated carbocycles. The van der Waals surface area contributed by atoms with Gasteiger partial charge in [0, 0.05) is 22.5 Å². The zero-order chi connectivity index (χ0) is 18.8. The van der Waals surface area contributed by atoms with Gasteiger partial charge in [-0.3, -0.25) is 9.69 Å². The number of hydrogen-bond acceptors (Lipinski definition) is 5. The summed E-state index contributed by atoms with van der Waals surface area (Å²) in [5.41, 5.74) is 1.09. The Morgan fingerprint density at radius 1 is 1.22 bits per heavy atom. The predicted octanol–water partition coefficient (Wildman–Crippen LogP) is 3.32. The maximum Gasteiger partial charge on any atom is 0.251 e. The molecule has 4 heterocycles. The largest absolute Gasteiger partial charge is 0.347 e. The maximum atomic E-state index is 12.7. The van der Waals surface area contributed by atoms with Crippen LogP contribution in [0.3, 0.4) is 0 Å². The van der Waals surface area contributed by atoms with Gasteiger partial charge >= 0.3 is 0 Å². The molecule has 3 saturated heterocycles. The molecule has 0 radical (unpaired) electrons. The van der Waals surface area contributed by atoms with E-state index in [0.717, 1.165) is 23.0 Å². The minimum Gasteiger partial charge on any atom is -0.347 e. The summed E-state index contributed by atoms with van der Waals surface area (Å²) in [6, 6.07) is 15.7. The second-order valence-corrected chi connectivity index (χ2v) is 8.31. The van der Waals surface area contributed by atoms with Gasteiger partial charge in [0.05, 0.1) is 0 Å². The molecule has 5 rings (SSSR count). The third-order valence-electron chi connectivity index (χ3n) is 5.65. The van der Waals surface area contributed by atoms with E-state index in [2.05, 4.69) is 28.2 Å². The summed E-state index contributed by atoms with van der Waals surface area (Å²) in [4.78, 5) is 20.4. The van der Waals surface area contributed by atoms with Crippen LogP contribution in [0, 0.1) is 17.2 Å². The fraction of sp³-hybridized carbons (Fsp3) is 0.381. The highest BCUT2D eigenvalue weighted by molar-refractivity contribution is 7.99. The number of nitrogens with zero attached hydrogens (tertiary/aromatic N) is 3. The number of piperidine rings is 3. The molecule has 2 atom stereocenters. The molecule has 0 spiro atoms. The van der Waals surface area contributed by atoms with Crippen LogP contribution >= 0.6 is 11.8 Å². The lowest BCUT2D eigenvalue weighted by atomic mass is 9.79. The number of amides is 1. The van der Waals surface area contributed by atoms with Crippen molar-refractivity contribution in [1.82, 2.24) is 15.2 Å². The number of carbonyl (C=O) groups is 1. The first-order chi connectivity index (χ1) is 13.1. The van der Waals surface area contributed by atoms with E-state index < -0.39 is 0 Å². The molecule has 1 aromatic carbocycles. The standard InChI is InChI=1S/C21H22N4OS/c1-14-20(15-9-11-25(14)12-10-15)24-21(26)16-5-7-18(8-6-16)27-19-4-2-3-17(13-22)23-19/h2-8,14-15,20H,9-12H2,1H3,(H,24,26)/t14-,20-/m0/s1. The zero-order valence-electron chi connectivity index (χ0n) is 15.3. The van der Waals surface area contributed by atoms with E-state index in [4.69, 9.17) is 5.26 Å². The van der Waals surface area contributed by atoms with Gasteiger partial charge in [-0.2, -0.15) is 5.26 Å². The molecule has 2 bridgehead atoms. The fourth-order valence-corrected chi connectivity index (χ4v) is 4.91. The Kier molecular flexibility index (Phi) is 5.15. The molecular weight excluding hydrogens is 356 g/mol. The number of nitriles is 1. The van der Waals surface area contributed by atoms with Crippen LogP contribution in [-0.4, -0.2) is 41.0 Å². The second kappa shape index (κ2) is 7.71. The molecule has 3 aliphatic heterocycles. The number of pyridine rings is 1. The molecule has 1 N–H and O–H groups in total. The summed E-state index contributed by atoms with van der Waals surface area (Å²) < 4.78 is 0. The molecule has 5 nitrogen and oxygen atoms in total. The lowest BCUT2D eigenvalue weighted by molar-refractivity contribution is 0.0217. The molecule has 1 aromatic heterocycles. The summed E-state index contributed by atoms with van der Waals surface area (Å²) in [6.45, 7) is 4.54. The number of hydrogen-bond donors (Lipinski definition) is 1. The van der Waals surface area contributed by atoms with Gasteiger partial charge in [-0.25, -0.2) is 4.98 Å². The van der Waals surface area contributed by atoms with E-state index in [1.165, 1.54) is 24.6 Å². The smallest absolute Gasteiger partial charge is 0.251 e. The number of benzene rings is 1. The molecule has 0 aliphatic carbocycles. The first kappa shape index (κ1) is 18.0. The van der Waals surface area contributed by atoms with Crippen LogP contribution in [0.5, 0.6) is 0 Å². The number of fused-ring (bicyclic) bond motifs is 3. The molecule has 3 aliphatic rings. The molecule has 2 aromatic rings. The van der Waals surface area contributed by atoms with Crippen LogP contribution in [-0.2, 0) is 0 Å². The predicted molar refractivity (Wildman–Crippen MR) is 105 cm³/mol. The van der Waals surface area contributed by atoms with Crippen molar-refractivity contribution in [2.24, 2.45) is 5.92 Å². The fourth-order valence-electron chi connectivity index (χ4n) is 4.11. The average Bonchev–Trinajstić information content (AvgIpc) is 2.71. The highest BCUT2D eigenvalue weighted by Gasteiger charge is 2.40. The van der Waals surface area contributed by atoms with Crippen LogP contribution in [0.1, 0.15) is 35.8 Å². The molecule has 0 unspecified atom stereocenters. The van der Waals surface area contributed by atoms with Crippen LogP contribution in [0.15, 0.2) is 52.4 Å². The molecule has 6 heteroatoms. The van der Waals surface area contributed by atoms with Crippen LogP contribution in [0.4, 0.5) is 0 Å². The van der Waals surface area contributed by atoms with Gasteiger partial charge in [0.25, 0.3) is 5.91 Å². The van der Waals surface area contributed by atoms with Crippen molar-refractivity contribution in [3.63, 3.8) is 0 Å². The van der Waals surface area contributed by atoms with Crippen molar-refractivity contribution in [2.75, 3.05) is 13.1 Å². The lowest BCUT2D eigenvalue weighted by Gasteiger charge is -2.49. The molecule has 138 valence electrons. The van der Waals surface area contributed by atoms with Crippen LogP contribution < -0.4 is 5.32 Å². The lowest BCUT2D eigenvalue weighted by Crippen LogP contribution is -2.62. The molecule has 1 amide bonds. The van der Waals surface area contributed by atoms with Gasteiger partial charge in [0.1, 0.15) is 16.8 Å². The van der Waals surface area contributed by atoms with E-state index >= 15 is 0 Å². The Balaban J connectivity index is 1.41. The van der Waals surface area contributed by atoms with Crippen molar-refractivity contribution in [2.45, 2.75) is 41.8 Å². The minimum absolute atomic E-state index is 0.00162. The summed E-state index contributed by atoms with van der Waals surface area (Å²) in [5.74, 6) is 0.601. The van der Waals surface area contributed by atoms with Gasteiger partial charge in [-0.05, 0) is 75.2 Å². The van der Waals surface area contributed by atoms with Gasteiger partial charge in [0.15, 0.2) is 0 Å². The van der Waals surface area contributed by atoms with E-state index in [0.29, 0.717) is 23.2 Å². The number of aromatic nitrogens is 1. The summed E-state index contributed by atoms with van der Waals surface area (Å²) in [5, 5.41) is 13.0. The van der Waals surface area contributed by atoms with Gasteiger partial charge < -0.3 is 5.32 Å². The minimum atomic E-state index is 0.00162. The first-order valence-electron chi connectivity index (χ1n) is 9.34. The summed E-state index contributed by atoms with van der Waals surface area (Å²) in [6.07, 6.45) is 2.36. The maximum absolute atomic E-state index is 12.7. The highest BCUT2D eigenvalue weighted by atomic mass is 32.2. The van der Waals surface area contributed by atoms with E-state index in [1.54, 1.807) is 6.07 Å². The Morgan fingerprint density at radius 2 is 1.96 bits per heavy atom. The van der Waals surface area contributed by atoms with Crippen molar-refractivity contribution in [3.8, 4) is 6.07 Å². The third kappa shape index (κ3) is 3.85. The Labute approximate surface area is 163 Å². The van der Waals surface area contributed by atoms with Crippen molar-refractivity contribution < 1.29 is 4.79 Å². The monoisotopic (exact) mass is 378 g/mol. The molecular formula is C21H22N4OS. The summed E-state index contributed by atoms with van der Waals surface area (Å²) >= 11 is 1.48. The topological polar surface area (TPSA) is 69.0 Å². The van der Waals surface area contributed by atoms with E-state index in [9.17, 15) is 4.79 Å². The zero-order valence-corrected chi connectivity index (χ0v) is 16.1. The number of nitrogens with one attached hydrogen (secondary N) is 1. The SMILES string of the molecule is C[C@H]1[C@H](NC(=O)c2ccc(Sc3cccc(C#N)n3)cc2)C2CCN1CC2. The van der Waals surface area contributed by atoms with Gasteiger partial charge in [-0.1, -0.05) is 17.8 Å². The van der Waals surface area contributed by atoms with Gasteiger partial charge in [0.2, 0.25) is 0 Å². The molecule has 3 fully saturated rings. The highest BCUT2D eigenvalue weighted by Crippen LogP contribution is 2.32.